The largest absolute Gasteiger partial charge is 0.308 e. The molecule has 0 N–H and O–H groups in total. The summed E-state index contributed by atoms with van der Waals surface area (Å²) in [6.45, 7) is 4.71. The van der Waals surface area contributed by atoms with Gasteiger partial charge < -0.3 is 4.90 Å². The number of anilines is 1. The Morgan fingerprint density at radius 2 is 1.69 bits per heavy atom. The highest BCUT2D eigenvalue weighted by Crippen LogP contribution is 2.38. The number of fused-ring (bicyclic) bond motifs is 2. The molecule has 0 fully saturated rings. The van der Waals surface area contributed by atoms with E-state index in [-0.39, 0.29) is 11.5 Å². The molecule has 0 spiro atoms. The van der Waals surface area contributed by atoms with Crippen molar-refractivity contribution in [2.24, 2.45) is 0 Å². The number of hydrogen-bond acceptors (Lipinski definition) is 3. The van der Waals surface area contributed by atoms with Crippen molar-refractivity contribution in [2.75, 3.05) is 11.4 Å². The van der Waals surface area contributed by atoms with Gasteiger partial charge in [0.25, 0.3) is 11.5 Å². The first-order valence-electron chi connectivity index (χ1n) is 10.8. The van der Waals surface area contributed by atoms with Gasteiger partial charge in [0.05, 0.1) is 27.9 Å². The fraction of sp³-hybridized carbons (Fsp3) is 0.148. The molecule has 1 amide bonds. The maximum Gasteiger partial charge on any atom is 0.266 e. The monoisotopic (exact) mass is 421 g/mol. The highest BCUT2D eigenvalue weighted by atomic mass is 16.2. The molecule has 0 saturated heterocycles. The van der Waals surface area contributed by atoms with Gasteiger partial charge in [0.2, 0.25) is 0 Å². The normalized spacial score (nSPS) is 14.4. The van der Waals surface area contributed by atoms with Crippen molar-refractivity contribution >= 4 is 34.1 Å². The molecule has 5 heteroatoms. The molecule has 1 aromatic heterocycles. The second kappa shape index (κ2) is 7.93. The molecule has 5 nitrogen and oxygen atoms in total. The van der Waals surface area contributed by atoms with E-state index in [9.17, 15) is 9.59 Å². The smallest absolute Gasteiger partial charge is 0.266 e. The van der Waals surface area contributed by atoms with Crippen LogP contribution in [0.5, 0.6) is 0 Å². The Bertz CT molecular complexity index is 1430. The molecule has 2 heterocycles. The molecule has 1 aliphatic heterocycles. The van der Waals surface area contributed by atoms with E-state index in [4.69, 9.17) is 4.98 Å². The summed E-state index contributed by atoms with van der Waals surface area (Å²) in [5, 5.41) is 0.542. The van der Waals surface area contributed by atoms with Crippen LogP contribution >= 0.6 is 0 Å². The summed E-state index contributed by atoms with van der Waals surface area (Å²) in [6.07, 6.45) is 2.62. The van der Waals surface area contributed by atoms with Crippen molar-refractivity contribution in [2.45, 2.75) is 20.3 Å². The molecule has 0 bridgehead atoms. The van der Waals surface area contributed by atoms with E-state index in [1.807, 2.05) is 78.6 Å². The average molecular weight is 422 g/mol. The van der Waals surface area contributed by atoms with E-state index in [1.165, 1.54) is 0 Å². The minimum absolute atomic E-state index is 0.0607. The lowest BCUT2D eigenvalue weighted by Crippen LogP contribution is -2.27. The Kier molecular flexibility index (Phi) is 4.94. The molecular formula is C27H23N3O2. The highest BCUT2D eigenvalue weighted by molar-refractivity contribution is 6.35. The summed E-state index contributed by atoms with van der Waals surface area (Å²) in [5.41, 5.74) is 4.58. The number of nitrogens with zero attached hydrogens (tertiary/aromatic N) is 3. The summed E-state index contributed by atoms with van der Waals surface area (Å²) in [4.78, 5) is 33.5. The van der Waals surface area contributed by atoms with Crippen LogP contribution in [0.25, 0.3) is 28.2 Å². The molecule has 0 saturated carbocycles. The standard InChI is InChI=1S/C27H23N3O2/c1-3-15-29-24-14-13-18(2)16-21(24)22(26(29)31)17-25-28-23-12-8-7-11-20(23)27(32)30(25)19-9-5-4-6-10-19/h4-14,16-17H,3,15H2,1-2H3. The Morgan fingerprint density at radius 1 is 0.938 bits per heavy atom. The van der Waals surface area contributed by atoms with Crippen LogP contribution in [0.3, 0.4) is 0 Å². The first-order chi connectivity index (χ1) is 15.6. The molecule has 32 heavy (non-hydrogen) atoms. The second-order valence-electron chi connectivity index (χ2n) is 8.00. The Balaban J connectivity index is 1.80. The number of aromatic nitrogens is 2. The molecule has 5 rings (SSSR count). The van der Waals surface area contributed by atoms with Gasteiger partial charge in [-0.15, -0.1) is 0 Å². The van der Waals surface area contributed by atoms with Gasteiger partial charge in [-0.1, -0.05) is 48.9 Å². The van der Waals surface area contributed by atoms with Crippen LogP contribution in [0.1, 0.15) is 30.3 Å². The molecule has 158 valence electrons. The first-order valence-corrected chi connectivity index (χ1v) is 10.8. The fourth-order valence-corrected chi connectivity index (χ4v) is 4.26. The van der Waals surface area contributed by atoms with Crippen LogP contribution in [0.15, 0.2) is 77.6 Å². The van der Waals surface area contributed by atoms with E-state index in [2.05, 4.69) is 6.92 Å². The minimum atomic E-state index is -0.158. The summed E-state index contributed by atoms with van der Waals surface area (Å²) in [7, 11) is 0. The summed E-state index contributed by atoms with van der Waals surface area (Å²) >= 11 is 0. The van der Waals surface area contributed by atoms with Crippen molar-refractivity contribution in [1.82, 2.24) is 9.55 Å². The number of para-hydroxylation sites is 2. The van der Waals surface area contributed by atoms with Gasteiger partial charge in [0, 0.05) is 12.1 Å². The van der Waals surface area contributed by atoms with Gasteiger partial charge in [0.1, 0.15) is 5.82 Å². The number of amides is 1. The van der Waals surface area contributed by atoms with Gasteiger partial charge in [0.15, 0.2) is 0 Å². The lowest BCUT2D eigenvalue weighted by atomic mass is 10.0. The maximum atomic E-state index is 13.5. The lowest BCUT2D eigenvalue weighted by Gasteiger charge is -2.15. The van der Waals surface area contributed by atoms with Gasteiger partial charge >= 0.3 is 0 Å². The number of carbonyl (C=O) groups excluding carboxylic acids is 1. The van der Waals surface area contributed by atoms with Crippen molar-refractivity contribution < 1.29 is 4.79 Å². The van der Waals surface area contributed by atoms with E-state index in [0.717, 1.165) is 23.2 Å². The van der Waals surface area contributed by atoms with Gasteiger partial charge in [-0.05, 0) is 55.8 Å². The van der Waals surface area contributed by atoms with Gasteiger partial charge in [-0.3, -0.25) is 14.2 Å². The zero-order chi connectivity index (χ0) is 22.2. The molecule has 0 atom stereocenters. The first kappa shape index (κ1) is 19.9. The van der Waals surface area contributed by atoms with Crippen LogP contribution in [-0.4, -0.2) is 22.0 Å². The molecule has 0 unspecified atom stereocenters. The molecule has 0 radical (unpaired) electrons. The van der Waals surface area contributed by atoms with E-state index < -0.39 is 0 Å². The Hall–Kier alpha value is -3.99. The number of rotatable bonds is 4. The zero-order valence-electron chi connectivity index (χ0n) is 18.1. The number of aryl methyl sites for hydroxylation is 1. The van der Waals surface area contributed by atoms with Crippen LogP contribution in [0.2, 0.25) is 0 Å². The Morgan fingerprint density at radius 3 is 2.47 bits per heavy atom. The number of carbonyl (C=O) groups is 1. The quantitative estimate of drug-likeness (QED) is 0.436. The van der Waals surface area contributed by atoms with E-state index >= 15 is 0 Å². The van der Waals surface area contributed by atoms with Crippen molar-refractivity contribution in [3.63, 3.8) is 0 Å². The molecule has 3 aromatic carbocycles. The third kappa shape index (κ3) is 3.23. The summed E-state index contributed by atoms with van der Waals surface area (Å²) < 4.78 is 1.58. The van der Waals surface area contributed by atoms with Gasteiger partial charge in [-0.25, -0.2) is 4.98 Å². The van der Waals surface area contributed by atoms with Crippen LogP contribution in [0, 0.1) is 6.92 Å². The van der Waals surface area contributed by atoms with Crippen molar-refractivity contribution in [3.05, 3.63) is 100 Å². The number of hydrogen-bond donors (Lipinski definition) is 0. The lowest BCUT2D eigenvalue weighted by molar-refractivity contribution is -0.113. The summed E-state index contributed by atoms with van der Waals surface area (Å²) in [5.74, 6) is 0.378. The summed E-state index contributed by atoms with van der Waals surface area (Å²) in [6, 6.07) is 22.8. The van der Waals surface area contributed by atoms with Gasteiger partial charge in [-0.2, -0.15) is 0 Å². The molecule has 1 aliphatic rings. The molecule has 0 aliphatic carbocycles. The third-order valence-corrected chi connectivity index (χ3v) is 5.75. The third-order valence-electron chi connectivity index (χ3n) is 5.75. The van der Waals surface area contributed by atoms with Crippen LogP contribution < -0.4 is 10.5 Å². The van der Waals surface area contributed by atoms with Crippen molar-refractivity contribution in [3.8, 4) is 5.69 Å². The Labute approximate surface area is 186 Å². The zero-order valence-corrected chi connectivity index (χ0v) is 18.1. The average Bonchev–Trinajstić information content (AvgIpc) is 3.05. The molecular weight excluding hydrogens is 398 g/mol. The number of benzene rings is 3. The SMILES string of the molecule is CCCN1C(=O)C(=Cc2nc3ccccc3c(=O)n2-c2ccccc2)c2cc(C)ccc21. The topological polar surface area (TPSA) is 55.2 Å². The minimum Gasteiger partial charge on any atom is -0.308 e. The highest BCUT2D eigenvalue weighted by Gasteiger charge is 2.32. The van der Waals surface area contributed by atoms with E-state index in [1.54, 1.807) is 16.7 Å². The van der Waals surface area contributed by atoms with E-state index in [0.29, 0.717) is 34.5 Å². The second-order valence-corrected chi connectivity index (χ2v) is 8.00. The predicted molar refractivity (Wildman–Crippen MR) is 129 cm³/mol. The fourth-order valence-electron chi connectivity index (χ4n) is 4.26. The molecule has 4 aromatic rings. The van der Waals surface area contributed by atoms with Crippen molar-refractivity contribution in [1.29, 1.82) is 0 Å². The maximum absolute atomic E-state index is 13.5. The van der Waals surface area contributed by atoms with Crippen LogP contribution in [-0.2, 0) is 4.79 Å². The van der Waals surface area contributed by atoms with Crippen LogP contribution in [0.4, 0.5) is 5.69 Å². The predicted octanol–water partition coefficient (Wildman–Crippen LogP) is 4.99.